The van der Waals surface area contributed by atoms with Gasteiger partial charge in [-0.15, -0.1) is 0 Å². The summed E-state index contributed by atoms with van der Waals surface area (Å²) >= 11 is 2.37. The summed E-state index contributed by atoms with van der Waals surface area (Å²) in [6.45, 7) is 16.3. The molecule has 1 aromatic heterocycles. The Balaban J connectivity index is 2.02. The van der Waals surface area contributed by atoms with E-state index in [0.29, 0.717) is 24.4 Å². The van der Waals surface area contributed by atoms with Crippen LogP contribution in [0.2, 0.25) is 0 Å². The molecule has 2 rings (SSSR count). The normalized spacial score (nSPS) is 20.1. The van der Waals surface area contributed by atoms with E-state index in [1.807, 2.05) is 20.8 Å². The summed E-state index contributed by atoms with van der Waals surface area (Å²) in [5.41, 5.74) is 0.799. The SMILES string of the molecule is CCCCOCCC[C@@H](CC(=O)OC(C)(C)C)c1noc(C2CC(CC(C)(C)C)C2)c1I. The van der Waals surface area contributed by atoms with E-state index in [-0.39, 0.29) is 11.9 Å². The van der Waals surface area contributed by atoms with Crippen LogP contribution in [-0.2, 0) is 14.3 Å². The Morgan fingerprint density at radius 2 is 1.81 bits per heavy atom. The molecule has 0 bridgehead atoms. The number of halogens is 1. The van der Waals surface area contributed by atoms with Crippen molar-refractivity contribution in [1.29, 1.82) is 0 Å². The van der Waals surface area contributed by atoms with E-state index in [1.165, 1.54) is 19.3 Å². The van der Waals surface area contributed by atoms with E-state index in [1.54, 1.807) is 0 Å². The maximum atomic E-state index is 12.6. The Labute approximate surface area is 208 Å². The molecule has 1 atom stereocenters. The fourth-order valence-electron chi connectivity index (χ4n) is 4.49. The third-order valence-corrected chi connectivity index (χ3v) is 6.98. The van der Waals surface area contributed by atoms with Crippen molar-refractivity contribution in [3.8, 4) is 0 Å². The topological polar surface area (TPSA) is 61.6 Å². The van der Waals surface area contributed by atoms with Crippen LogP contribution in [0.3, 0.4) is 0 Å². The molecule has 6 heteroatoms. The van der Waals surface area contributed by atoms with Gasteiger partial charge in [-0.2, -0.15) is 0 Å². The zero-order valence-electron chi connectivity index (χ0n) is 21.3. The standard InChI is InChI=1S/C26H44INO4/c1-8-9-12-30-13-10-11-19(16-21(29)31-26(5,6)7)23-22(27)24(32-28-23)20-14-18(15-20)17-25(2,3)4/h18-20H,8-17H2,1-7H3/t18?,19-,20?/m0/s1. The van der Waals surface area contributed by atoms with Crippen molar-refractivity contribution < 1.29 is 18.8 Å². The molecule has 1 aliphatic rings. The summed E-state index contributed by atoms with van der Waals surface area (Å²) in [4.78, 5) is 12.6. The van der Waals surface area contributed by atoms with E-state index < -0.39 is 5.60 Å². The lowest BCUT2D eigenvalue weighted by Crippen LogP contribution is -2.26. The zero-order chi connectivity index (χ0) is 23.9. The van der Waals surface area contributed by atoms with Crippen LogP contribution in [0.5, 0.6) is 0 Å². The smallest absolute Gasteiger partial charge is 0.306 e. The molecular formula is C26H44INO4. The van der Waals surface area contributed by atoms with E-state index in [9.17, 15) is 4.79 Å². The molecular weight excluding hydrogens is 517 g/mol. The number of nitrogens with zero attached hydrogens (tertiary/aromatic N) is 1. The molecule has 1 fully saturated rings. The Hall–Kier alpha value is -0.630. The number of hydrogen-bond donors (Lipinski definition) is 0. The van der Waals surface area contributed by atoms with Crippen molar-refractivity contribution in [1.82, 2.24) is 5.16 Å². The highest BCUT2D eigenvalue weighted by atomic mass is 127. The Bertz CT molecular complexity index is 710. The third kappa shape index (κ3) is 9.32. The number of aromatic nitrogens is 1. The molecule has 0 aromatic carbocycles. The summed E-state index contributed by atoms with van der Waals surface area (Å²) in [6, 6.07) is 0. The zero-order valence-corrected chi connectivity index (χ0v) is 23.4. The number of rotatable bonds is 12. The summed E-state index contributed by atoms with van der Waals surface area (Å²) in [5, 5.41) is 4.47. The minimum atomic E-state index is -0.485. The minimum Gasteiger partial charge on any atom is -0.460 e. The van der Waals surface area contributed by atoms with Crippen molar-refractivity contribution in [2.45, 2.75) is 117 Å². The van der Waals surface area contributed by atoms with Crippen molar-refractivity contribution in [3.05, 3.63) is 15.0 Å². The van der Waals surface area contributed by atoms with Crippen LogP contribution in [-0.4, -0.2) is 29.9 Å². The van der Waals surface area contributed by atoms with Crippen LogP contribution >= 0.6 is 22.6 Å². The van der Waals surface area contributed by atoms with Gasteiger partial charge in [-0.3, -0.25) is 4.79 Å². The van der Waals surface area contributed by atoms with Gasteiger partial charge in [0, 0.05) is 25.0 Å². The van der Waals surface area contributed by atoms with E-state index in [4.69, 9.17) is 14.0 Å². The molecule has 184 valence electrons. The molecule has 0 radical (unpaired) electrons. The predicted octanol–water partition coefficient (Wildman–Crippen LogP) is 7.62. The molecule has 0 unspecified atom stereocenters. The van der Waals surface area contributed by atoms with Gasteiger partial charge in [-0.1, -0.05) is 39.3 Å². The van der Waals surface area contributed by atoms with E-state index in [2.05, 4.69) is 55.4 Å². The average Bonchev–Trinajstić information content (AvgIpc) is 2.98. The molecule has 0 N–H and O–H groups in total. The quantitative estimate of drug-likeness (QED) is 0.149. The van der Waals surface area contributed by atoms with E-state index >= 15 is 0 Å². The van der Waals surface area contributed by atoms with Crippen LogP contribution in [0.15, 0.2) is 4.52 Å². The van der Waals surface area contributed by atoms with Crippen molar-refractivity contribution in [3.63, 3.8) is 0 Å². The number of esters is 1. The van der Waals surface area contributed by atoms with Crippen molar-refractivity contribution in [2.75, 3.05) is 13.2 Å². The first-order valence-electron chi connectivity index (χ1n) is 12.3. The molecule has 0 spiro atoms. The molecule has 0 saturated heterocycles. The van der Waals surface area contributed by atoms with Crippen LogP contribution < -0.4 is 0 Å². The second-order valence-corrected chi connectivity index (χ2v) is 12.7. The van der Waals surface area contributed by atoms with E-state index in [0.717, 1.165) is 53.2 Å². The molecule has 1 saturated carbocycles. The summed E-state index contributed by atoms with van der Waals surface area (Å²) in [5.74, 6) is 2.05. The monoisotopic (exact) mass is 561 g/mol. The Morgan fingerprint density at radius 1 is 1.16 bits per heavy atom. The van der Waals surface area contributed by atoms with Crippen LogP contribution in [0.4, 0.5) is 0 Å². The largest absolute Gasteiger partial charge is 0.460 e. The highest BCUT2D eigenvalue weighted by Crippen LogP contribution is 2.48. The van der Waals surface area contributed by atoms with Gasteiger partial charge in [0.2, 0.25) is 0 Å². The second-order valence-electron chi connectivity index (χ2n) is 11.6. The van der Waals surface area contributed by atoms with Gasteiger partial charge in [0.15, 0.2) is 5.76 Å². The second kappa shape index (κ2) is 12.2. The average molecular weight is 562 g/mol. The first-order valence-corrected chi connectivity index (χ1v) is 13.4. The van der Waals surface area contributed by atoms with Gasteiger partial charge in [0.05, 0.1) is 9.99 Å². The summed E-state index contributed by atoms with van der Waals surface area (Å²) in [7, 11) is 0. The lowest BCUT2D eigenvalue weighted by molar-refractivity contribution is -0.155. The number of hydrogen-bond acceptors (Lipinski definition) is 5. The molecule has 5 nitrogen and oxygen atoms in total. The molecule has 1 aromatic rings. The molecule has 0 aliphatic heterocycles. The Morgan fingerprint density at radius 3 is 2.41 bits per heavy atom. The summed E-state index contributed by atoms with van der Waals surface area (Å²) in [6.07, 6.45) is 7.87. The highest BCUT2D eigenvalue weighted by Gasteiger charge is 2.38. The number of ether oxygens (including phenoxy) is 2. The lowest BCUT2D eigenvalue weighted by Gasteiger charge is -2.37. The maximum Gasteiger partial charge on any atom is 0.306 e. The number of carbonyl (C=O) groups is 1. The fourth-order valence-corrected chi connectivity index (χ4v) is 5.57. The van der Waals surface area contributed by atoms with Gasteiger partial charge in [0.25, 0.3) is 0 Å². The minimum absolute atomic E-state index is 0.00512. The first kappa shape index (κ1) is 27.6. The predicted molar refractivity (Wildman–Crippen MR) is 137 cm³/mol. The van der Waals surface area contributed by atoms with Gasteiger partial charge in [-0.25, -0.2) is 0 Å². The molecule has 1 heterocycles. The van der Waals surface area contributed by atoms with Gasteiger partial charge in [-0.05, 0) is 93.2 Å². The Kier molecular flexibility index (Phi) is 10.5. The van der Waals surface area contributed by atoms with Crippen LogP contribution in [0.1, 0.15) is 123 Å². The molecule has 0 amide bonds. The molecule has 32 heavy (non-hydrogen) atoms. The van der Waals surface area contributed by atoms with Crippen LogP contribution in [0, 0.1) is 14.9 Å². The lowest BCUT2D eigenvalue weighted by atomic mass is 9.67. The summed E-state index contributed by atoms with van der Waals surface area (Å²) < 4.78 is 18.3. The first-order chi connectivity index (χ1) is 14.9. The number of carbonyl (C=O) groups excluding carboxylic acids is 1. The highest BCUT2D eigenvalue weighted by molar-refractivity contribution is 14.1. The fraction of sp³-hybridized carbons (Fsp3) is 0.846. The van der Waals surface area contributed by atoms with Crippen molar-refractivity contribution in [2.24, 2.45) is 11.3 Å². The number of unbranched alkanes of at least 4 members (excludes halogenated alkanes) is 1. The van der Waals surface area contributed by atoms with Gasteiger partial charge < -0.3 is 14.0 Å². The van der Waals surface area contributed by atoms with Crippen LogP contribution in [0.25, 0.3) is 0 Å². The molecule has 1 aliphatic carbocycles. The van der Waals surface area contributed by atoms with Crippen molar-refractivity contribution >= 4 is 28.6 Å². The van der Waals surface area contributed by atoms with Gasteiger partial charge in [0.1, 0.15) is 11.3 Å². The third-order valence-electron chi connectivity index (χ3n) is 5.89. The maximum absolute atomic E-state index is 12.6. The van der Waals surface area contributed by atoms with Gasteiger partial charge >= 0.3 is 5.97 Å².